The zero-order valence-electron chi connectivity index (χ0n) is 9.57. The minimum atomic E-state index is 0.260. The molecule has 6 heteroatoms. The molecule has 4 nitrogen and oxygen atoms in total. The molecule has 0 aliphatic rings. The van der Waals surface area contributed by atoms with Gasteiger partial charge in [0, 0.05) is 18.5 Å². The molecule has 0 spiro atoms. The predicted octanol–water partition coefficient (Wildman–Crippen LogP) is 2.59. The molecule has 0 bridgehead atoms. The van der Waals surface area contributed by atoms with Gasteiger partial charge >= 0.3 is 6.01 Å². The van der Waals surface area contributed by atoms with Crippen molar-refractivity contribution in [3.8, 4) is 6.01 Å². The average molecular weight is 264 g/mol. The number of ether oxygens (including phenoxy) is 1. The van der Waals surface area contributed by atoms with E-state index in [1.165, 1.54) is 13.3 Å². The third-order valence-electron chi connectivity index (χ3n) is 2.11. The van der Waals surface area contributed by atoms with Gasteiger partial charge in [-0.2, -0.15) is 4.98 Å². The molecular formula is C10H15Cl2N3O. The van der Waals surface area contributed by atoms with E-state index in [1.807, 2.05) is 4.90 Å². The lowest BCUT2D eigenvalue weighted by Gasteiger charge is -2.27. The van der Waals surface area contributed by atoms with E-state index in [-0.39, 0.29) is 6.04 Å². The molecule has 0 aromatic carbocycles. The lowest BCUT2D eigenvalue weighted by molar-refractivity contribution is 0.379. The average Bonchev–Trinajstić information content (AvgIpc) is 2.27. The van der Waals surface area contributed by atoms with Gasteiger partial charge in [0.1, 0.15) is 5.02 Å². The summed E-state index contributed by atoms with van der Waals surface area (Å²) in [6.45, 7) is 4.79. The van der Waals surface area contributed by atoms with Crippen LogP contribution in [0.4, 0.5) is 5.82 Å². The van der Waals surface area contributed by atoms with Crippen LogP contribution in [0.5, 0.6) is 6.01 Å². The standard InChI is InChI=1S/C10H15Cl2N3O/c1-7(2)15(5-4-11)9-8(12)6-13-10(14-9)16-3/h6-7H,4-5H2,1-3H3. The summed E-state index contributed by atoms with van der Waals surface area (Å²) < 4.78 is 4.98. The van der Waals surface area contributed by atoms with Gasteiger partial charge in [0.15, 0.2) is 5.82 Å². The van der Waals surface area contributed by atoms with Crippen molar-refractivity contribution in [1.82, 2.24) is 9.97 Å². The molecule has 0 unspecified atom stereocenters. The fourth-order valence-electron chi connectivity index (χ4n) is 1.34. The van der Waals surface area contributed by atoms with Crippen LogP contribution >= 0.6 is 23.2 Å². The van der Waals surface area contributed by atoms with Crippen LogP contribution in [0.2, 0.25) is 5.02 Å². The van der Waals surface area contributed by atoms with Crippen LogP contribution in [-0.2, 0) is 0 Å². The van der Waals surface area contributed by atoms with E-state index < -0.39 is 0 Å². The Balaban J connectivity index is 3.06. The summed E-state index contributed by atoms with van der Waals surface area (Å²) in [6.07, 6.45) is 1.53. The quantitative estimate of drug-likeness (QED) is 0.766. The Bertz CT molecular complexity index is 347. The maximum atomic E-state index is 6.06. The highest BCUT2D eigenvalue weighted by atomic mass is 35.5. The SMILES string of the molecule is COc1ncc(Cl)c(N(CCCl)C(C)C)n1. The van der Waals surface area contributed by atoms with E-state index in [9.17, 15) is 0 Å². The van der Waals surface area contributed by atoms with Gasteiger partial charge in [-0.1, -0.05) is 11.6 Å². The molecule has 0 fully saturated rings. The number of halogens is 2. The minimum absolute atomic E-state index is 0.260. The summed E-state index contributed by atoms with van der Waals surface area (Å²) in [6, 6.07) is 0.565. The first-order valence-electron chi connectivity index (χ1n) is 4.99. The Morgan fingerprint density at radius 3 is 2.69 bits per heavy atom. The minimum Gasteiger partial charge on any atom is -0.467 e. The van der Waals surface area contributed by atoms with Crippen molar-refractivity contribution in [2.24, 2.45) is 0 Å². The van der Waals surface area contributed by atoms with Crippen molar-refractivity contribution in [1.29, 1.82) is 0 Å². The fraction of sp³-hybridized carbons (Fsp3) is 0.600. The Morgan fingerprint density at radius 2 is 2.19 bits per heavy atom. The maximum absolute atomic E-state index is 6.06. The van der Waals surface area contributed by atoms with E-state index in [2.05, 4.69) is 23.8 Å². The van der Waals surface area contributed by atoms with Gasteiger partial charge in [0.2, 0.25) is 0 Å². The monoisotopic (exact) mass is 263 g/mol. The van der Waals surface area contributed by atoms with Gasteiger partial charge in [-0.25, -0.2) is 4.98 Å². The highest BCUT2D eigenvalue weighted by molar-refractivity contribution is 6.32. The van der Waals surface area contributed by atoms with Crippen LogP contribution in [0.25, 0.3) is 0 Å². The zero-order valence-corrected chi connectivity index (χ0v) is 11.1. The number of rotatable bonds is 5. The van der Waals surface area contributed by atoms with Gasteiger partial charge in [-0.3, -0.25) is 0 Å². The summed E-state index contributed by atoms with van der Waals surface area (Å²) >= 11 is 11.8. The lowest BCUT2D eigenvalue weighted by Crippen LogP contribution is -2.33. The predicted molar refractivity (Wildman–Crippen MR) is 66.8 cm³/mol. The third-order valence-corrected chi connectivity index (χ3v) is 2.54. The smallest absolute Gasteiger partial charge is 0.318 e. The number of aromatic nitrogens is 2. The molecule has 1 rings (SSSR count). The number of hydrogen-bond acceptors (Lipinski definition) is 4. The molecule has 0 amide bonds. The van der Waals surface area contributed by atoms with Crippen molar-refractivity contribution in [2.45, 2.75) is 19.9 Å². The number of anilines is 1. The van der Waals surface area contributed by atoms with Gasteiger partial charge in [0.05, 0.1) is 13.3 Å². The molecule has 90 valence electrons. The van der Waals surface area contributed by atoms with Crippen molar-refractivity contribution < 1.29 is 4.74 Å². The molecule has 1 aromatic heterocycles. The molecule has 16 heavy (non-hydrogen) atoms. The lowest BCUT2D eigenvalue weighted by atomic mass is 10.3. The molecule has 1 heterocycles. The first kappa shape index (κ1) is 13.3. The number of methoxy groups -OCH3 is 1. The maximum Gasteiger partial charge on any atom is 0.318 e. The van der Waals surface area contributed by atoms with Crippen LogP contribution in [-0.4, -0.2) is 35.5 Å². The molecule has 0 saturated heterocycles. The second-order valence-corrected chi connectivity index (χ2v) is 4.29. The summed E-state index contributed by atoms with van der Waals surface area (Å²) in [5.41, 5.74) is 0. The van der Waals surface area contributed by atoms with Crippen LogP contribution in [0, 0.1) is 0 Å². The summed E-state index contributed by atoms with van der Waals surface area (Å²) in [7, 11) is 1.52. The Kier molecular flexibility index (Phi) is 5.09. The number of nitrogens with zero attached hydrogens (tertiary/aromatic N) is 3. The third kappa shape index (κ3) is 3.12. The van der Waals surface area contributed by atoms with Crippen molar-refractivity contribution in [3.63, 3.8) is 0 Å². The van der Waals surface area contributed by atoms with Crippen LogP contribution in [0.1, 0.15) is 13.8 Å². The Labute approximate surface area is 106 Å². The second-order valence-electron chi connectivity index (χ2n) is 3.50. The molecule has 0 N–H and O–H groups in total. The van der Waals surface area contributed by atoms with Crippen molar-refractivity contribution in [3.05, 3.63) is 11.2 Å². The normalized spacial score (nSPS) is 10.6. The van der Waals surface area contributed by atoms with Gasteiger partial charge in [-0.15, -0.1) is 11.6 Å². The van der Waals surface area contributed by atoms with E-state index >= 15 is 0 Å². The van der Waals surface area contributed by atoms with Crippen LogP contribution in [0.3, 0.4) is 0 Å². The van der Waals surface area contributed by atoms with E-state index in [1.54, 1.807) is 0 Å². The first-order valence-corrected chi connectivity index (χ1v) is 5.90. The van der Waals surface area contributed by atoms with Crippen LogP contribution in [0.15, 0.2) is 6.20 Å². The number of alkyl halides is 1. The summed E-state index contributed by atoms with van der Waals surface area (Å²) in [5, 5.41) is 0.500. The zero-order chi connectivity index (χ0) is 12.1. The summed E-state index contributed by atoms with van der Waals surface area (Å²) in [5.74, 6) is 1.17. The van der Waals surface area contributed by atoms with Gasteiger partial charge in [0.25, 0.3) is 0 Å². The Morgan fingerprint density at radius 1 is 1.50 bits per heavy atom. The van der Waals surface area contributed by atoms with Crippen molar-refractivity contribution >= 4 is 29.0 Å². The molecule has 0 radical (unpaired) electrons. The molecule has 0 aliphatic carbocycles. The largest absolute Gasteiger partial charge is 0.467 e. The van der Waals surface area contributed by atoms with E-state index in [0.717, 1.165) is 0 Å². The summed E-state index contributed by atoms with van der Waals surface area (Å²) in [4.78, 5) is 10.2. The second kappa shape index (κ2) is 6.11. The van der Waals surface area contributed by atoms with E-state index in [4.69, 9.17) is 27.9 Å². The fourth-order valence-corrected chi connectivity index (χ4v) is 1.72. The van der Waals surface area contributed by atoms with Crippen LogP contribution < -0.4 is 9.64 Å². The molecule has 0 aliphatic heterocycles. The highest BCUT2D eigenvalue weighted by Gasteiger charge is 2.16. The molecular weight excluding hydrogens is 249 g/mol. The Hall–Kier alpha value is -0.740. The molecule has 0 saturated carbocycles. The molecule has 0 atom stereocenters. The van der Waals surface area contributed by atoms with Crippen molar-refractivity contribution in [2.75, 3.05) is 24.4 Å². The molecule has 1 aromatic rings. The van der Waals surface area contributed by atoms with E-state index in [0.29, 0.717) is 29.3 Å². The topological polar surface area (TPSA) is 38.2 Å². The van der Waals surface area contributed by atoms with Gasteiger partial charge in [-0.05, 0) is 13.8 Å². The highest BCUT2D eigenvalue weighted by Crippen LogP contribution is 2.25. The number of hydrogen-bond donors (Lipinski definition) is 0. The first-order chi connectivity index (χ1) is 7.60. The van der Waals surface area contributed by atoms with Gasteiger partial charge < -0.3 is 9.64 Å².